The van der Waals surface area contributed by atoms with E-state index in [4.69, 9.17) is 0 Å². The Morgan fingerprint density at radius 2 is 2.29 bits per heavy atom. The predicted molar refractivity (Wildman–Crippen MR) is 77.0 cm³/mol. The van der Waals surface area contributed by atoms with Crippen molar-refractivity contribution in [2.45, 2.75) is 30.8 Å². The molecule has 2 unspecified atom stereocenters. The van der Waals surface area contributed by atoms with Crippen molar-refractivity contribution in [3.05, 3.63) is 12.4 Å². The molecular formula is C12H21N5O3S. The van der Waals surface area contributed by atoms with Gasteiger partial charge < -0.3 is 10.2 Å². The Bertz CT molecular complexity index is 612. The largest absolute Gasteiger partial charge is 0.336 e. The monoisotopic (exact) mass is 315 g/mol. The average Bonchev–Trinajstić information content (AvgIpc) is 2.85. The van der Waals surface area contributed by atoms with Crippen molar-refractivity contribution in [3.63, 3.8) is 0 Å². The van der Waals surface area contributed by atoms with Crippen LogP contribution in [0.15, 0.2) is 17.3 Å². The molecule has 0 radical (unpaired) electrons. The molecule has 2 N–H and O–H groups in total. The minimum Gasteiger partial charge on any atom is -0.336 e. The van der Waals surface area contributed by atoms with Gasteiger partial charge in [-0.3, -0.25) is 9.48 Å². The van der Waals surface area contributed by atoms with E-state index in [9.17, 15) is 13.2 Å². The van der Waals surface area contributed by atoms with Crippen LogP contribution in [-0.4, -0.2) is 60.7 Å². The third-order valence-electron chi connectivity index (χ3n) is 3.48. The quantitative estimate of drug-likeness (QED) is 0.736. The SMILES string of the molecule is CC(NS(=O)(=O)c1cnn(C)c1)C(=O)N1CCNCC1C. The third-order valence-corrected chi connectivity index (χ3v) is 4.97. The van der Waals surface area contributed by atoms with Gasteiger partial charge in [0.05, 0.1) is 12.2 Å². The van der Waals surface area contributed by atoms with Gasteiger partial charge in [0.25, 0.3) is 0 Å². The molecule has 1 saturated heterocycles. The number of amides is 1. The summed E-state index contributed by atoms with van der Waals surface area (Å²) in [6.45, 7) is 5.52. The molecule has 0 aliphatic carbocycles. The van der Waals surface area contributed by atoms with Gasteiger partial charge in [-0.2, -0.15) is 9.82 Å². The molecule has 0 bridgehead atoms. The molecule has 8 nitrogen and oxygen atoms in total. The van der Waals surface area contributed by atoms with Gasteiger partial charge in [0.2, 0.25) is 15.9 Å². The molecule has 1 aromatic rings. The molecule has 1 aromatic heterocycles. The summed E-state index contributed by atoms with van der Waals surface area (Å²) in [6.07, 6.45) is 2.65. The maximum Gasteiger partial charge on any atom is 0.244 e. The van der Waals surface area contributed by atoms with E-state index in [1.165, 1.54) is 17.1 Å². The highest BCUT2D eigenvalue weighted by Gasteiger charge is 2.30. The number of aryl methyl sites for hydroxylation is 1. The summed E-state index contributed by atoms with van der Waals surface area (Å²) in [5.74, 6) is -0.212. The van der Waals surface area contributed by atoms with Gasteiger partial charge in [0.15, 0.2) is 0 Å². The first-order valence-corrected chi connectivity index (χ1v) is 8.32. The van der Waals surface area contributed by atoms with E-state index in [1.54, 1.807) is 18.9 Å². The van der Waals surface area contributed by atoms with Crippen molar-refractivity contribution >= 4 is 15.9 Å². The molecule has 1 amide bonds. The van der Waals surface area contributed by atoms with Crippen molar-refractivity contribution in [1.82, 2.24) is 24.7 Å². The summed E-state index contributed by atoms with van der Waals surface area (Å²) < 4.78 is 28.2. The number of carbonyl (C=O) groups is 1. The van der Waals surface area contributed by atoms with E-state index < -0.39 is 16.1 Å². The fraction of sp³-hybridized carbons (Fsp3) is 0.667. The summed E-state index contributed by atoms with van der Waals surface area (Å²) in [5, 5.41) is 7.02. The van der Waals surface area contributed by atoms with Gasteiger partial charge in [0, 0.05) is 38.9 Å². The number of carbonyl (C=O) groups excluding carboxylic acids is 1. The summed E-state index contributed by atoms with van der Waals surface area (Å²) >= 11 is 0. The zero-order chi connectivity index (χ0) is 15.6. The minimum atomic E-state index is -3.74. The Kier molecular flexibility index (Phi) is 4.64. The van der Waals surface area contributed by atoms with Crippen LogP contribution in [-0.2, 0) is 21.9 Å². The number of hydrogen-bond donors (Lipinski definition) is 2. The van der Waals surface area contributed by atoms with Crippen LogP contribution in [0.5, 0.6) is 0 Å². The van der Waals surface area contributed by atoms with E-state index in [2.05, 4.69) is 15.1 Å². The smallest absolute Gasteiger partial charge is 0.244 e. The Balaban J connectivity index is 2.06. The van der Waals surface area contributed by atoms with E-state index in [-0.39, 0.29) is 16.8 Å². The van der Waals surface area contributed by atoms with Crippen LogP contribution in [0.2, 0.25) is 0 Å². The normalized spacial score (nSPS) is 21.3. The van der Waals surface area contributed by atoms with Gasteiger partial charge >= 0.3 is 0 Å². The maximum atomic E-state index is 12.4. The highest BCUT2D eigenvalue weighted by molar-refractivity contribution is 7.89. The van der Waals surface area contributed by atoms with Gasteiger partial charge in [0.1, 0.15) is 4.90 Å². The second kappa shape index (κ2) is 6.12. The van der Waals surface area contributed by atoms with E-state index in [0.29, 0.717) is 13.1 Å². The predicted octanol–water partition coefficient (Wildman–Crippen LogP) is -1.09. The highest BCUT2D eigenvalue weighted by atomic mass is 32.2. The number of sulfonamides is 1. The summed E-state index contributed by atoms with van der Waals surface area (Å²) in [6, 6.07) is -0.757. The topological polar surface area (TPSA) is 96.3 Å². The van der Waals surface area contributed by atoms with E-state index in [0.717, 1.165) is 6.54 Å². The van der Waals surface area contributed by atoms with Crippen LogP contribution in [0.4, 0.5) is 0 Å². The second-order valence-corrected chi connectivity index (χ2v) is 6.99. The Morgan fingerprint density at radius 3 is 2.86 bits per heavy atom. The third kappa shape index (κ3) is 3.60. The number of piperazine rings is 1. The maximum absolute atomic E-state index is 12.4. The highest BCUT2D eigenvalue weighted by Crippen LogP contribution is 2.10. The van der Waals surface area contributed by atoms with Gasteiger partial charge in [-0.1, -0.05) is 0 Å². The number of hydrogen-bond acceptors (Lipinski definition) is 5. The van der Waals surface area contributed by atoms with Crippen molar-refractivity contribution in [2.75, 3.05) is 19.6 Å². The van der Waals surface area contributed by atoms with Gasteiger partial charge in [-0.15, -0.1) is 0 Å². The van der Waals surface area contributed by atoms with Crippen molar-refractivity contribution in [2.24, 2.45) is 7.05 Å². The lowest BCUT2D eigenvalue weighted by molar-refractivity contribution is -0.135. The Hall–Kier alpha value is -1.45. The molecular weight excluding hydrogens is 294 g/mol. The van der Waals surface area contributed by atoms with Crippen molar-refractivity contribution < 1.29 is 13.2 Å². The van der Waals surface area contributed by atoms with Crippen LogP contribution in [0, 0.1) is 0 Å². The zero-order valence-electron chi connectivity index (χ0n) is 12.4. The van der Waals surface area contributed by atoms with Gasteiger partial charge in [-0.05, 0) is 13.8 Å². The average molecular weight is 315 g/mol. The summed E-state index contributed by atoms with van der Waals surface area (Å²) in [7, 11) is -2.10. The lowest BCUT2D eigenvalue weighted by Gasteiger charge is -2.35. The summed E-state index contributed by atoms with van der Waals surface area (Å²) in [4.78, 5) is 14.1. The fourth-order valence-electron chi connectivity index (χ4n) is 2.31. The van der Waals surface area contributed by atoms with Crippen LogP contribution in [0.1, 0.15) is 13.8 Å². The number of nitrogens with zero attached hydrogens (tertiary/aromatic N) is 3. The van der Waals surface area contributed by atoms with E-state index >= 15 is 0 Å². The number of nitrogens with one attached hydrogen (secondary N) is 2. The first-order valence-electron chi connectivity index (χ1n) is 6.83. The first kappa shape index (κ1) is 15.9. The van der Waals surface area contributed by atoms with E-state index in [1.807, 2.05) is 6.92 Å². The van der Waals surface area contributed by atoms with Crippen LogP contribution in [0.3, 0.4) is 0 Å². The first-order chi connectivity index (χ1) is 9.81. The molecule has 2 atom stereocenters. The molecule has 1 fully saturated rings. The van der Waals surface area contributed by atoms with Crippen molar-refractivity contribution in [1.29, 1.82) is 0 Å². The molecule has 0 saturated carbocycles. The molecule has 0 spiro atoms. The van der Waals surface area contributed by atoms with Crippen LogP contribution >= 0.6 is 0 Å². The molecule has 118 valence electrons. The molecule has 1 aliphatic rings. The zero-order valence-corrected chi connectivity index (χ0v) is 13.2. The van der Waals surface area contributed by atoms with Crippen LogP contribution in [0.25, 0.3) is 0 Å². The molecule has 0 aromatic carbocycles. The lowest BCUT2D eigenvalue weighted by atomic mass is 10.2. The Labute approximate surface area is 124 Å². The summed E-state index contributed by atoms with van der Waals surface area (Å²) in [5.41, 5.74) is 0. The second-order valence-electron chi connectivity index (χ2n) is 5.28. The fourth-order valence-corrected chi connectivity index (χ4v) is 3.49. The Morgan fingerprint density at radius 1 is 1.57 bits per heavy atom. The lowest BCUT2D eigenvalue weighted by Crippen LogP contribution is -2.57. The molecule has 1 aliphatic heterocycles. The molecule has 9 heteroatoms. The van der Waals surface area contributed by atoms with Crippen molar-refractivity contribution in [3.8, 4) is 0 Å². The number of aromatic nitrogens is 2. The number of rotatable bonds is 4. The molecule has 21 heavy (non-hydrogen) atoms. The standard InChI is InChI=1S/C12H21N5O3S/c1-9-6-13-4-5-17(9)12(18)10(2)15-21(19,20)11-7-14-16(3)8-11/h7-10,13,15H,4-6H2,1-3H3. The molecule has 2 rings (SSSR count). The minimum absolute atomic E-state index is 0.0524. The van der Waals surface area contributed by atoms with Gasteiger partial charge in [-0.25, -0.2) is 8.42 Å². The molecule has 2 heterocycles. The van der Waals surface area contributed by atoms with Crippen LogP contribution < -0.4 is 10.0 Å².